The monoisotopic (exact) mass is 424 g/mol. The Bertz CT molecular complexity index is 1040. The molecule has 0 atom stereocenters. The number of fused-ring (bicyclic) bond motifs is 1. The molecule has 1 aromatic carbocycles. The Morgan fingerprint density at radius 2 is 2.00 bits per heavy atom. The van der Waals surface area contributed by atoms with Gasteiger partial charge in [-0.1, -0.05) is 18.2 Å². The van der Waals surface area contributed by atoms with E-state index in [1.54, 1.807) is 24.8 Å². The van der Waals surface area contributed by atoms with Gasteiger partial charge in [-0.3, -0.25) is 4.79 Å². The highest BCUT2D eigenvalue weighted by molar-refractivity contribution is 7.18. The van der Waals surface area contributed by atoms with Gasteiger partial charge in [0.15, 0.2) is 0 Å². The highest BCUT2D eigenvalue weighted by Crippen LogP contribution is 2.35. The highest BCUT2D eigenvalue weighted by Gasteiger charge is 2.27. The third-order valence-electron chi connectivity index (χ3n) is 6.00. The number of nitrogens with zero attached hydrogens (tertiary/aromatic N) is 3. The van der Waals surface area contributed by atoms with Gasteiger partial charge in [-0.2, -0.15) is 0 Å². The molecule has 0 saturated carbocycles. The number of benzene rings is 1. The second-order valence-electron chi connectivity index (χ2n) is 7.77. The average Bonchev–Trinajstić information content (AvgIpc) is 3.08. The fourth-order valence-electron chi connectivity index (χ4n) is 4.13. The molecular formula is C23H28N4O2S. The van der Waals surface area contributed by atoms with Gasteiger partial charge in [-0.15, -0.1) is 11.3 Å². The third-order valence-corrected chi connectivity index (χ3v) is 7.11. The topological polar surface area (TPSA) is 67.3 Å². The van der Waals surface area contributed by atoms with E-state index in [0.29, 0.717) is 6.54 Å². The zero-order valence-electron chi connectivity index (χ0n) is 17.8. The molecule has 1 saturated heterocycles. The van der Waals surface area contributed by atoms with Crippen LogP contribution < -0.4 is 15.0 Å². The maximum atomic E-state index is 12.7. The maximum Gasteiger partial charge on any atom is 0.223 e. The number of para-hydroxylation sites is 1. The molecule has 0 aliphatic carbocycles. The quantitative estimate of drug-likeness (QED) is 0.650. The van der Waals surface area contributed by atoms with Crippen molar-refractivity contribution < 1.29 is 9.53 Å². The number of hydrogen-bond donors (Lipinski definition) is 1. The van der Waals surface area contributed by atoms with Crippen molar-refractivity contribution in [2.24, 2.45) is 5.92 Å². The first-order valence-corrected chi connectivity index (χ1v) is 11.3. The van der Waals surface area contributed by atoms with Crippen molar-refractivity contribution in [3.63, 3.8) is 0 Å². The van der Waals surface area contributed by atoms with Crippen molar-refractivity contribution in [1.82, 2.24) is 15.3 Å². The molecule has 3 heterocycles. The van der Waals surface area contributed by atoms with Gasteiger partial charge in [0.05, 0.1) is 12.5 Å². The van der Waals surface area contributed by atoms with Crippen molar-refractivity contribution in [1.29, 1.82) is 0 Å². The first-order valence-electron chi connectivity index (χ1n) is 10.4. The van der Waals surface area contributed by atoms with Crippen molar-refractivity contribution >= 4 is 33.3 Å². The number of carbonyl (C=O) groups excluding carboxylic acids is 1. The zero-order chi connectivity index (χ0) is 21.1. The van der Waals surface area contributed by atoms with Crippen LogP contribution >= 0.6 is 11.3 Å². The number of carbonyl (C=O) groups is 1. The Hall–Kier alpha value is -2.67. The molecule has 0 spiro atoms. The Morgan fingerprint density at radius 3 is 2.77 bits per heavy atom. The molecule has 0 bridgehead atoms. The summed E-state index contributed by atoms with van der Waals surface area (Å²) in [6.45, 7) is 6.57. The normalized spacial score (nSPS) is 14.8. The summed E-state index contributed by atoms with van der Waals surface area (Å²) in [6, 6.07) is 7.95. The SMILES string of the molecule is COc1ccccc1CCNC(=O)C1CCN(c2ncnc3sc(C)c(C)c23)CC1. The van der Waals surface area contributed by atoms with Crippen molar-refractivity contribution in [2.45, 2.75) is 33.1 Å². The molecule has 1 aliphatic heterocycles. The number of nitrogens with one attached hydrogen (secondary N) is 1. The van der Waals surface area contributed by atoms with Crippen LogP contribution in [-0.2, 0) is 11.2 Å². The lowest BCUT2D eigenvalue weighted by Gasteiger charge is -2.32. The van der Waals surface area contributed by atoms with Gasteiger partial charge in [0.25, 0.3) is 0 Å². The summed E-state index contributed by atoms with van der Waals surface area (Å²) in [6.07, 6.45) is 4.11. The van der Waals surface area contributed by atoms with Gasteiger partial charge in [0.1, 0.15) is 22.7 Å². The summed E-state index contributed by atoms with van der Waals surface area (Å²) in [5.41, 5.74) is 2.38. The molecule has 30 heavy (non-hydrogen) atoms. The summed E-state index contributed by atoms with van der Waals surface area (Å²) < 4.78 is 5.39. The van der Waals surface area contributed by atoms with E-state index in [0.717, 1.165) is 54.3 Å². The van der Waals surface area contributed by atoms with Crippen LogP contribution in [0.3, 0.4) is 0 Å². The molecule has 158 valence electrons. The summed E-state index contributed by atoms with van der Waals surface area (Å²) in [5, 5.41) is 4.28. The molecule has 1 fully saturated rings. The summed E-state index contributed by atoms with van der Waals surface area (Å²) >= 11 is 1.72. The number of rotatable bonds is 6. The Morgan fingerprint density at radius 1 is 1.23 bits per heavy atom. The van der Waals surface area contributed by atoms with E-state index in [1.165, 1.54) is 15.8 Å². The van der Waals surface area contributed by atoms with Crippen molar-refractivity contribution in [3.8, 4) is 5.75 Å². The van der Waals surface area contributed by atoms with Crippen LogP contribution in [0.4, 0.5) is 5.82 Å². The standard InChI is InChI=1S/C23H28N4O2S/c1-15-16(2)30-23-20(15)21(25-14-26-23)27-12-9-18(10-13-27)22(28)24-11-8-17-6-4-5-7-19(17)29-3/h4-7,14,18H,8-13H2,1-3H3,(H,24,28). The average molecular weight is 425 g/mol. The van der Waals surface area contributed by atoms with Crippen LogP contribution in [0.25, 0.3) is 10.2 Å². The molecule has 7 heteroatoms. The van der Waals surface area contributed by atoms with E-state index in [4.69, 9.17) is 4.74 Å². The first kappa shape index (κ1) is 20.6. The fraction of sp³-hybridized carbons (Fsp3) is 0.435. The minimum atomic E-state index is 0.0570. The van der Waals surface area contributed by atoms with E-state index < -0.39 is 0 Å². The van der Waals surface area contributed by atoms with Crippen LogP contribution in [0.1, 0.15) is 28.8 Å². The smallest absolute Gasteiger partial charge is 0.223 e. The Kier molecular flexibility index (Phi) is 6.18. The molecule has 2 aromatic heterocycles. The second kappa shape index (κ2) is 9.00. The molecule has 1 aliphatic rings. The molecule has 1 N–H and O–H groups in total. The van der Waals surface area contributed by atoms with E-state index in [2.05, 4.69) is 34.0 Å². The van der Waals surface area contributed by atoms with Gasteiger partial charge in [0, 0.05) is 30.4 Å². The number of aromatic nitrogens is 2. The number of anilines is 1. The second-order valence-corrected chi connectivity index (χ2v) is 8.98. The Labute approximate surface area is 181 Å². The number of methoxy groups -OCH3 is 1. The molecular weight excluding hydrogens is 396 g/mol. The highest BCUT2D eigenvalue weighted by atomic mass is 32.1. The number of thiophene rings is 1. The van der Waals surface area contributed by atoms with Gasteiger partial charge in [-0.25, -0.2) is 9.97 Å². The number of hydrogen-bond acceptors (Lipinski definition) is 6. The summed E-state index contributed by atoms with van der Waals surface area (Å²) in [4.78, 5) is 26.3. The van der Waals surface area contributed by atoms with Gasteiger partial charge in [-0.05, 0) is 50.3 Å². The first-order chi connectivity index (χ1) is 14.6. The third kappa shape index (κ3) is 4.12. The summed E-state index contributed by atoms with van der Waals surface area (Å²) in [7, 11) is 1.68. The largest absolute Gasteiger partial charge is 0.496 e. The zero-order valence-corrected chi connectivity index (χ0v) is 18.6. The molecule has 0 radical (unpaired) electrons. The maximum absolute atomic E-state index is 12.7. The van der Waals surface area contributed by atoms with E-state index >= 15 is 0 Å². The van der Waals surface area contributed by atoms with Crippen molar-refractivity contribution in [3.05, 3.63) is 46.6 Å². The molecule has 4 rings (SSSR count). The number of ether oxygens (including phenoxy) is 1. The minimum Gasteiger partial charge on any atom is -0.496 e. The molecule has 6 nitrogen and oxygen atoms in total. The summed E-state index contributed by atoms with van der Waals surface area (Å²) in [5.74, 6) is 2.09. The minimum absolute atomic E-state index is 0.0570. The van der Waals surface area contributed by atoms with Crippen LogP contribution in [0, 0.1) is 19.8 Å². The van der Waals surface area contributed by atoms with Gasteiger partial charge < -0.3 is 15.0 Å². The lowest BCUT2D eigenvalue weighted by molar-refractivity contribution is -0.125. The van der Waals surface area contributed by atoms with Crippen molar-refractivity contribution in [2.75, 3.05) is 31.6 Å². The molecule has 1 amide bonds. The van der Waals surface area contributed by atoms with Gasteiger partial charge >= 0.3 is 0 Å². The Balaban J connectivity index is 1.33. The molecule has 3 aromatic rings. The van der Waals surface area contributed by atoms with E-state index in [-0.39, 0.29) is 11.8 Å². The fourth-order valence-corrected chi connectivity index (χ4v) is 5.12. The number of amides is 1. The van der Waals surface area contributed by atoms with Crippen LogP contribution in [-0.4, -0.2) is 42.6 Å². The lowest BCUT2D eigenvalue weighted by Crippen LogP contribution is -2.41. The van der Waals surface area contributed by atoms with E-state index in [9.17, 15) is 4.79 Å². The van der Waals surface area contributed by atoms with Gasteiger partial charge in [0.2, 0.25) is 5.91 Å². The van der Waals surface area contributed by atoms with E-state index in [1.807, 2.05) is 24.3 Å². The predicted octanol–water partition coefficient (Wildman–Crippen LogP) is 3.89. The number of aryl methyl sites for hydroxylation is 2. The van der Waals surface area contributed by atoms with Crippen LogP contribution in [0.2, 0.25) is 0 Å². The van der Waals surface area contributed by atoms with Crippen LogP contribution in [0.15, 0.2) is 30.6 Å². The lowest BCUT2D eigenvalue weighted by atomic mass is 9.95. The number of piperidine rings is 1. The molecule has 0 unspecified atom stereocenters. The predicted molar refractivity (Wildman–Crippen MR) is 122 cm³/mol. The van der Waals surface area contributed by atoms with Crippen LogP contribution in [0.5, 0.6) is 5.75 Å².